The van der Waals surface area contributed by atoms with E-state index >= 15 is 0 Å². The van der Waals surface area contributed by atoms with Gasteiger partial charge in [0.15, 0.2) is 0 Å². The molecule has 1 N–H and O–H groups in total. The molecule has 0 amide bonds. The second-order valence-electron chi connectivity index (χ2n) is 4.19. The molecule has 1 aliphatic rings. The molecule has 1 nitrogen and oxygen atoms in total. The fourth-order valence-electron chi connectivity index (χ4n) is 2.13. The number of fused-ring (bicyclic) bond motifs is 1. The number of benzene rings is 1. The van der Waals surface area contributed by atoms with E-state index in [1.54, 1.807) is 0 Å². The van der Waals surface area contributed by atoms with Crippen LogP contribution in [0.4, 0.5) is 5.69 Å². The van der Waals surface area contributed by atoms with Crippen molar-refractivity contribution in [3.8, 4) is 0 Å². The summed E-state index contributed by atoms with van der Waals surface area (Å²) < 4.78 is 0. The van der Waals surface area contributed by atoms with Gasteiger partial charge in [-0.1, -0.05) is 43.9 Å². The first kappa shape index (κ1) is 11.7. The topological polar surface area (TPSA) is 12.0 Å². The molecule has 2 rings (SSSR count). The van der Waals surface area contributed by atoms with E-state index in [-0.39, 0.29) is 0 Å². The van der Waals surface area contributed by atoms with Gasteiger partial charge < -0.3 is 5.32 Å². The molecule has 0 saturated carbocycles. The minimum absolute atomic E-state index is 1.01. The second kappa shape index (κ2) is 5.53. The molecule has 0 unspecified atom stereocenters. The molecule has 1 heteroatoms. The Kier molecular flexibility index (Phi) is 3.81. The van der Waals surface area contributed by atoms with Crippen LogP contribution in [0.15, 0.2) is 42.6 Å². The molecule has 0 aromatic heterocycles. The van der Waals surface area contributed by atoms with Gasteiger partial charge in [-0.3, -0.25) is 0 Å². The molecule has 0 heterocycles. The van der Waals surface area contributed by atoms with Crippen LogP contribution < -0.4 is 15.8 Å². The highest BCUT2D eigenvalue weighted by atomic mass is 14.9. The van der Waals surface area contributed by atoms with Crippen molar-refractivity contribution in [2.75, 3.05) is 5.32 Å². The standard InChI is InChI=1S/C16H19N/c1-3-8-14(4-2)17-16-12-7-10-13-9-5-6-11-15(13)16/h4,7-12,17H,2-3,5-6H2,1H3/b14-8+. The minimum Gasteiger partial charge on any atom is -0.355 e. The van der Waals surface area contributed by atoms with Gasteiger partial charge in [0, 0.05) is 16.6 Å². The van der Waals surface area contributed by atoms with Gasteiger partial charge in [0.05, 0.1) is 0 Å². The third-order valence-electron chi connectivity index (χ3n) is 2.94. The van der Waals surface area contributed by atoms with Crippen molar-refractivity contribution >= 4 is 17.8 Å². The van der Waals surface area contributed by atoms with Gasteiger partial charge in [-0.25, -0.2) is 0 Å². The summed E-state index contributed by atoms with van der Waals surface area (Å²) in [7, 11) is 0. The van der Waals surface area contributed by atoms with E-state index in [4.69, 9.17) is 0 Å². The highest BCUT2D eigenvalue weighted by molar-refractivity contribution is 5.57. The zero-order valence-electron chi connectivity index (χ0n) is 10.4. The normalized spacial score (nSPS) is 14.3. The van der Waals surface area contributed by atoms with Crippen LogP contribution in [-0.2, 0) is 0 Å². The molecule has 17 heavy (non-hydrogen) atoms. The van der Waals surface area contributed by atoms with Gasteiger partial charge in [-0.05, 0) is 36.6 Å². The van der Waals surface area contributed by atoms with E-state index < -0.39 is 0 Å². The van der Waals surface area contributed by atoms with Crippen molar-refractivity contribution in [2.45, 2.75) is 26.2 Å². The first-order chi connectivity index (χ1) is 8.35. The van der Waals surface area contributed by atoms with Crippen molar-refractivity contribution in [2.24, 2.45) is 0 Å². The molecule has 1 aliphatic carbocycles. The fraction of sp³-hybridized carbons (Fsp3) is 0.250. The molecule has 0 aliphatic heterocycles. The second-order valence-corrected chi connectivity index (χ2v) is 4.19. The number of anilines is 1. The summed E-state index contributed by atoms with van der Waals surface area (Å²) in [5, 5.41) is 6.11. The number of hydrogen-bond donors (Lipinski definition) is 1. The molecule has 88 valence electrons. The first-order valence-corrected chi connectivity index (χ1v) is 6.24. The number of nitrogens with one attached hydrogen (secondary N) is 1. The molecule has 1 aromatic carbocycles. The van der Waals surface area contributed by atoms with Crippen LogP contribution in [0.2, 0.25) is 0 Å². The SMILES string of the molecule is C=C/C(=C\CC)Nc1cccc2c1=CCCC=2. The Morgan fingerprint density at radius 1 is 1.35 bits per heavy atom. The lowest BCUT2D eigenvalue weighted by Crippen LogP contribution is -2.29. The number of rotatable bonds is 4. The molecule has 0 spiro atoms. The lowest BCUT2D eigenvalue weighted by atomic mass is 10.1. The Hall–Kier alpha value is -1.76. The first-order valence-electron chi connectivity index (χ1n) is 6.24. The smallest absolute Gasteiger partial charge is 0.0460 e. The summed E-state index contributed by atoms with van der Waals surface area (Å²) in [5.74, 6) is 0. The predicted molar refractivity (Wildman–Crippen MR) is 76.0 cm³/mol. The van der Waals surface area contributed by atoms with Gasteiger partial charge in [0.25, 0.3) is 0 Å². The van der Waals surface area contributed by atoms with Crippen molar-refractivity contribution in [3.63, 3.8) is 0 Å². The summed E-state index contributed by atoms with van der Waals surface area (Å²) in [4.78, 5) is 0. The lowest BCUT2D eigenvalue weighted by Gasteiger charge is -2.10. The van der Waals surface area contributed by atoms with Crippen molar-refractivity contribution in [1.82, 2.24) is 0 Å². The van der Waals surface area contributed by atoms with Crippen LogP contribution >= 0.6 is 0 Å². The van der Waals surface area contributed by atoms with Crippen LogP contribution in [0.5, 0.6) is 0 Å². The van der Waals surface area contributed by atoms with E-state index in [0.29, 0.717) is 0 Å². The van der Waals surface area contributed by atoms with Gasteiger partial charge in [-0.2, -0.15) is 0 Å². The largest absolute Gasteiger partial charge is 0.355 e. The summed E-state index contributed by atoms with van der Waals surface area (Å²) in [6.07, 6.45) is 11.9. The van der Waals surface area contributed by atoms with E-state index in [1.807, 2.05) is 6.08 Å². The van der Waals surface area contributed by atoms with E-state index in [9.17, 15) is 0 Å². The maximum atomic E-state index is 3.84. The van der Waals surface area contributed by atoms with Crippen molar-refractivity contribution in [1.29, 1.82) is 0 Å². The molecule has 1 aromatic rings. The summed E-state index contributed by atoms with van der Waals surface area (Å²) in [6.45, 7) is 5.97. The Balaban J connectivity index is 2.41. The van der Waals surface area contributed by atoms with Crippen LogP contribution in [0.1, 0.15) is 26.2 Å². The van der Waals surface area contributed by atoms with Gasteiger partial charge in [0.2, 0.25) is 0 Å². The molecule has 0 saturated heterocycles. The van der Waals surface area contributed by atoms with Crippen molar-refractivity contribution < 1.29 is 0 Å². The Morgan fingerprint density at radius 3 is 2.94 bits per heavy atom. The van der Waals surface area contributed by atoms with Crippen LogP contribution in [-0.4, -0.2) is 0 Å². The number of hydrogen-bond acceptors (Lipinski definition) is 1. The summed E-state index contributed by atoms with van der Waals surface area (Å²) in [6, 6.07) is 6.40. The zero-order chi connectivity index (χ0) is 12.1. The van der Waals surface area contributed by atoms with E-state index in [2.05, 4.69) is 55.2 Å². The Labute approximate surface area is 103 Å². The van der Waals surface area contributed by atoms with Gasteiger partial charge >= 0.3 is 0 Å². The lowest BCUT2D eigenvalue weighted by molar-refractivity contribution is 1.12. The average Bonchev–Trinajstić information content (AvgIpc) is 2.38. The van der Waals surface area contributed by atoms with E-state index in [1.165, 1.54) is 16.1 Å². The quantitative estimate of drug-likeness (QED) is 0.777. The molecule has 0 fully saturated rings. The monoisotopic (exact) mass is 225 g/mol. The Morgan fingerprint density at radius 2 is 2.18 bits per heavy atom. The van der Waals surface area contributed by atoms with Crippen molar-refractivity contribution in [3.05, 3.63) is 53.1 Å². The molecular weight excluding hydrogens is 206 g/mol. The highest BCUT2D eigenvalue weighted by Crippen LogP contribution is 2.06. The summed E-state index contributed by atoms with van der Waals surface area (Å²) in [5.41, 5.74) is 2.26. The molecule has 0 radical (unpaired) electrons. The molecular formula is C16H19N. The average molecular weight is 225 g/mol. The third kappa shape index (κ3) is 2.68. The third-order valence-corrected chi connectivity index (χ3v) is 2.94. The van der Waals surface area contributed by atoms with Gasteiger partial charge in [-0.15, -0.1) is 0 Å². The molecule has 0 atom stereocenters. The Bertz CT molecular complexity index is 549. The highest BCUT2D eigenvalue weighted by Gasteiger charge is 2.00. The molecule has 0 bridgehead atoms. The summed E-state index contributed by atoms with van der Waals surface area (Å²) >= 11 is 0. The fourth-order valence-corrected chi connectivity index (χ4v) is 2.13. The van der Waals surface area contributed by atoms with Crippen LogP contribution in [0.25, 0.3) is 12.2 Å². The van der Waals surface area contributed by atoms with Crippen LogP contribution in [0.3, 0.4) is 0 Å². The zero-order valence-corrected chi connectivity index (χ0v) is 10.4. The maximum absolute atomic E-state index is 3.84. The van der Waals surface area contributed by atoms with Gasteiger partial charge in [0.1, 0.15) is 0 Å². The van der Waals surface area contributed by atoms with Crippen LogP contribution in [0, 0.1) is 0 Å². The number of allylic oxidation sites excluding steroid dienone is 2. The van der Waals surface area contributed by atoms with E-state index in [0.717, 1.165) is 25.0 Å². The minimum atomic E-state index is 1.01. The predicted octanol–water partition coefficient (Wildman–Crippen LogP) is 2.93. The maximum Gasteiger partial charge on any atom is 0.0460 e.